The van der Waals surface area contributed by atoms with Gasteiger partial charge >= 0.3 is 0 Å². The van der Waals surface area contributed by atoms with Gasteiger partial charge in [0.2, 0.25) is 0 Å². The summed E-state index contributed by atoms with van der Waals surface area (Å²) in [5, 5.41) is 23.3. The maximum atomic E-state index is 12.4. The monoisotopic (exact) mass is 431 g/mol. The number of ether oxygens (including phenoxy) is 2. The number of hydrogen-bond acceptors (Lipinski definition) is 6. The van der Waals surface area contributed by atoms with Crippen molar-refractivity contribution >= 4 is 39.3 Å². The van der Waals surface area contributed by atoms with Gasteiger partial charge < -0.3 is 14.8 Å². The van der Waals surface area contributed by atoms with Crippen LogP contribution in [0.5, 0.6) is 11.5 Å². The minimum atomic E-state index is -0.695. The third kappa shape index (κ3) is 4.83. The quantitative estimate of drug-likeness (QED) is 0.320. The topological polar surface area (TPSA) is 114 Å². The molecule has 1 N–H and O–H groups in total. The average molecular weight is 432 g/mol. The number of methoxy groups -OCH3 is 2. The van der Waals surface area contributed by atoms with Crippen LogP contribution in [0, 0.1) is 21.4 Å². The number of nitrogens with zero attached hydrogens (tertiary/aromatic N) is 2. The van der Waals surface area contributed by atoms with Crippen molar-refractivity contribution < 1.29 is 19.2 Å². The second-order valence-electron chi connectivity index (χ2n) is 5.16. The van der Waals surface area contributed by atoms with E-state index < -0.39 is 10.8 Å². The highest BCUT2D eigenvalue weighted by Crippen LogP contribution is 2.35. The molecule has 0 bridgehead atoms. The molecule has 0 atom stereocenters. The molecule has 1 amide bonds. The van der Waals surface area contributed by atoms with Gasteiger partial charge in [0.05, 0.1) is 30.8 Å². The van der Waals surface area contributed by atoms with Gasteiger partial charge in [-0.25, -0.2) is 0 Å². The van der Waals surface area contributed by atoms with Gasteiger partial charge in [-0.15, -0.1) is 0 Å². The number of carbonyl (C=O) groups is 1. The number of hydrogen-bond donors (Lipinski definition) is 1. The highest BCUT2D eigenvalue weighted by atomic mass is 79.9. The highest BCUT2D eigenvalue weighted by molar-refractivity contribution is 9.10. The van der Waals surface area contributed by atoms with Crippen LogP contribution in [-0.4, -0.2) is 25.1 Å². The molecule has 0 aromatic heterocycles. The van der Waals surface area contributed by atoms with Crippen molar-refractivity contribution in [3.05, 3.63) is 62.1 Å². The van der Waals surface area contributed by atoms with Crippen LogP contribution >= 0.6 is 15.9 Å². The van der Waals surface area contributed by atoms with Crippen LogP contribution in [0.3, 0.4) is 0 Å². The van der Waals surface area contributed by atoms with Gasteiger partial charge in [0.1, 0.15) is 11.6 Å². The first-order valence-corrected chi connectivity index (χ1v) is 8.28. The summed E-state index contributed by atoms with van der Waals surface area (Å²) in [5.41, 5.74) is -0.114. The van der Waals surface area contributed by atoms with Crippen molar-refractivity contribution in [2.24, 2.45) is 0 Å². The molecule has 0 aliphatic rings. The van der Waals surface area contributed by atoms with Crippen molar-refractivity contribution in [2.45, 2.75) is 0 Å². The molecule has 2 aromatic carbocycles. The molecular formula is C18H14BrN3O5. The summed E-state index contributed by atoms with van der Waals surface area (Å²) >= 11 is 3.28. The Balaban J connectivity index is 2.45. The smallest absolute Gasteiger partial charge is 0.280 e. The molecule has 9 heteroatoms. The Labute approximate surface area is 163 Å². The normalized spacial score (nSPS) is 10.7. The van der Waals surface area contributed by atoms with Gasteiger partial charge in [-0.1, -0.05) is 22.0 Å². The Morgan fingerprint density at radius 3 is 2.48 bits per heavy atom. The number of nitro groups is 1. The fourth-order valence-corrected chi connectivity index (χ4v) is 2.63. The van der Waals surface area contributed by atoms with Gasteiger partial charge in [0.15, 0.2) is 11.5 Å². The molecule has 0 heterocycles. The number of benzene rings is 2. The summed E-state index contributed by atoms with van der Waals surface area (Å²) in [6.45, 7) is 0. The summed E-state index contributed by atoms with van der Waals surface area (Å²) in [6, 6.07) is 11.1. The molecule has 2 rings (SSSR count). The van der Waals surface area contributed by atoms with Crippen molar-refractivity contribution in [2.75, 3.05) is 19.5 Å². The standard InChI is InChI=1S/C18H14BrN3O5/c1-26-16-7-11(15(22(24)25)9-17(16)27-2)6-12(10-20)18(23)21-14-5-3-4-13(19)8-14/h3-9H,1-2H3,(H,21,23). The molecule has 0 aliphatic carbocycles. The van der Waals surface area contributed by atoms with Crippen molar-refractivity contribution in [1.29, 1.82) is 5.26 Å². The van der Waals surface area contributed by atoms with Gasteiger partial charge in [-0.3, -0.25) is 14.9 Å². The lowest BCUT2D eigenvalue weighted by Crippen LogP contribution is -2.13. The lowest BCUT2D eigenvalue weighted by Gasteiger charge is -2.09. The van der Waals surface area contributed by atoms with E-state index >= 15 is 0 Å². The number of nitro benzene ring substituents is 1. The second-order valence-corrected chi connectivity index (χ2v) is 6.07. The Hall–Kier alpha value is -3.38. The lowest BCUT2D eigenvalue weighted by atomic mass is 10.1. The third-order valence-electron chi connectivity index (χ3n) is 3.48. The Bertz CT molecular complexity index is 966. The van der Waals surface area contributed by atoms with E-state index in [1.807, 2.05) is 0 Å². The molecule has 0 aliphatic heterocycles. The predicted molar refractivity (Wildman–Crippen MR) is 103 cm³/mol. The fourth-order valence-electron chi connectivity index (χ4n) is 2.23. The molecule has 2 aromatic rings. The molecule has 0 spiro atoms. The zero-order valence-electron chi connectivity index (χ0n) is 14.4. The predicted octanol–water partition coefficient (Wildman–Crippen LogP) is 3.92. The number of carbonyl (C=O) groups excluding carboxylic acids is 1. The summed E-state index contributed by atoms with van der Waals surface area (Å²) in [4.78, 5) is 23.1. The summed E-state index contributed by atoms with van der Waals surface area (Å²) in [6.07, 6.45) is 1.13. The molecule has 8 nitrogen and oxygen atoms in total. The highest BCUT2D eigenvalue weighted by Gasteiger charge is 2.20. The van der Waals surface area contributed by atoms with E-state index in [0.717, 1.165) is 10.5 Å². The van der Waals surface area contributed by atoms with Crippen LogP contribution < -0.4 is 14.8 Å². The van der Waals surface area contributed by atoms with E-state index in [0.29, 0.717) is 5.69 Å². The maximum Gasteiger partial charge on any atom is 0.280 e. The first kappa shape index (κ1) is 19.9. The fraction of sp³-hybridized carbons (Fsp3) is 0.111. The van der Waals surface area contributed by atoms with E-state index in [1.165, 1.54) is 26.4 Å². The lowest BCUT2D eigenvalue weighted by molar-refractivity contribution is -0.385. The minimum absolute atomic E-state index is 0.0404. The van der Waals surface area contributed by atoms with Gasteiger partial charge in [0, 0.05) is 10.2 Å². The van der Waals surface area contributed by atoms with Gasteiger partial charge in [-0.2, -0.15) is 5.26 Å². The maximum absolute atomic E-state index is 12.4. The average Bonchev–Trinajstić information content (AvgIpc) is 2.65. The number of halogens is 1. The van der Waals surface area contributed by atoms with E-state index in [4.69, 9.17) is 9.47 Å². The molecule has 0 unspecified atom stereocenters. The van der Waals surface area contributed by atoms with Gasteiger partial charge in [-0.05, 0) is 30.3 Å². The Morgan fingerprint density at radius 2 is 1.93 bits per heavy atom. The minimum Gasteiger partial charge on any atom is -0.493 e. The zero-order chi connectivity index (χ0) is 20.0. The van der Waals surface area contributed by atoms with Gasteiger partial charge in [0.25, 0.3) is 11.6 Å². The molecule has 0 radical (unpaired) electrons. The number of nitrogens with one attached hydrogen (secondary N) is 1. The number of rotatable bonds is 6. The van der Waals surface area contributed by atoms with Crippen LogP contribution in [-0.2, 0) is 4.79 Å². The number of nitriles is 1. The molecule has 27 heavy (non-hydrogen) atoms. The van der Waals surface area contributed by atoms with Crippen molar-refractivity contribution in [3.8, 4) is 17.6 Å². The van der Waals surface area contributed by atoms with Crippen molar-refractivity contribution in [3.63, 3.8) is 0 Å². The van der Waals surface area contributed by atoms with E-state index in [1.54, 1.807) is 30.3 Å². The third-order valence-corrected chi connectivity index (χ3v) is 3.97. The van der Waals surface area contributed by atoms with E-state index in [9.17, 15) is 20.2 Å². The number of amides is 1. The zero-order valence-corrected chi connectivity index (χ0v) is 15.9. The molecule has 0 saturated heterocycles. The largest absolute Gasteiger partial charge is 0.493 e. The SMILES string of the molecule is COc1cc(C=C(C#N)C(=O)Nc2cccc(Br)c2)c([N+](=O)[O-])cc1OC. The van der Waals surface area contributed by atoms with E-state index in [-0.39, 0.29) is 28.3 Å². The van der Waals surface area contributed by atoms with Crippen LogP contribution in [0.25, 0.3) is 6.08 Å². The van der Waals surface area contributed by atoms with E-state index in [2.05, 4.69) is 21.2 Å². The number of anilines is 1. The van der Waals surface area contributed by atoms with Crippen molar-refractivity contribution in [1.82, 2.24) is 0 Å². The van der Waals surface area contributed by atoms with Crippen LogP contribution in [0.1, 0.15) is 5.56 Å². The Morgan fingerprint density at radius 1 is 1.26 bits per heavy atom. The summed E-state index contributed by atoms with van der Waals surface area (Å²) in [5.74, 6) is -0.294. The molecular weight excluding hydrogens is 418 g/mol. The summed E-state index contributed by atoms with van der Waals surface area (Å²) in [7, 11) is 2.73. The molecule has 0 fully saturated rings. The molecule has 0 saturated carbocycles. The first-order chi connectivity index (χ1) is 12.9. The molecule has 138 valence electrons. The second kappa shape index (κ2) is 8.82. The summed E-state index contributed by atoms with van der Waals surface area (Å²) < 4.78 is 10.9. The van der Waals surface area contributed by atoms with Crippen LogP contribution in [0.2, 0.25) is 0 Å². The van der Waals surface area contributed by atoms with Crippen LogP contribution in [0.15, 0.2) is 46.4 Å². The Kier molecular flexibility index (Phi) is 6.51. The van der Waals surface area contributed by atoms with Crippen LogP contribution in [0.4, 0.5) is 11.4 Å². The first-order valence-electron chi connectivity index (χ1n) is 7.48.